The van der Waals surface area contributed by atoms with Crippen LogP contribution in [-0.2, 0) is 14.8 Å². The molecule has 0 aliphatic carbocycles. The highest BCUT2D eigenvalue weighted by Crippen LogP contribution is 2.46. The largest absolute Gasteiger partial charge is 0.373 e. The number of nitrogens with one attached hydrogen (secondary N) is 1. The lowest BCUT2D eigenvalue weighted by Gasteiger charge is -2.62. The first kappa shape index (κ1) is 23.9. The van der Waals surface area contributed by atoms with E-state index in [1.165, 1.54) is 0 Å². The molecule has 26 heavy (non-hydrogen) atoms. The van der Waals surface area contributed by atoms with Gasteiger partial charge in [0.15, 0.2) is 5.96 Å². The number of sulfonamides is 1. The molecule has 0 aromatic carbocycles. The van der Waals surface area contributed by atoms with Gasteiger partial charge in [0.25, 0.3) is 0 Å². The van der Waals surface area contributed by atoms with Crippen LogP contribution in [0.1, 0.15) is 41.5 Å². The fourth-order valence-electron chi connectivity index (χ4n) is 3.47. The summed E-state index contributed by atoms with van der Waals surface area (Å²) < 4.78 is 32.4. The third kappa shape index (κ3) is 4.82. The summed E-state index contributed by atoms with van der Waals surface area (Å²) in [4.78, 5) is 6.54. The summed E-state index contributed by atoms with van der Waals surface area (Å²) in [5, 5.41) is 3.22. The van der Waals surface area contributed by atoms with Gasteiger partial charge in [-0.15, -0.1) is 24.0 Å². The standard InChI is InChI=1S/C17H34N4O3S.HI/c1-13-10-20(11-14(2)24-13)25(22,23)9-8-19-15(18-7)21-12-16(3,4)17(21,5)6;/h13-14H,8-12H2,1-7H3,(H,18,19);1H. The Labute approximate surface area is 176 Å². The van der Waals surface area contributed by atoms with Crippen molar-refractivity contribution in [2.24, 2.45) is 10.4 Å². The zero-order valence-electron chi connectivity index (χ0n) is 17.1. The van der Waals surface area contributed by atoms with Gasteiger partial charge in [0.05, 0.1) is 18.0 Å². The molecule has 7 nitrogen and oxygen atoms in total. The van der Waals surface area contributed by atoms with Crippen molar-refractivity contribution >= 4 is 40.0 Å². The van der Waals surface area contributed by atoms with Crippen LogP contribution in [0.15, 0.2) is 4.99 Å². The molecule has 9 heteroatoms. The van der Waals surface area contributed by atoms with E-state index in [2.05, 4.69) is 42.9 Å². The number of nitrogens with zero attached hydrogens (tertiary/aromatic N) is 3. The molecule has 0 spiro atoms. The Morgan fingerprint density at radius 1 is 1.19 bits per heavy atom. The van der Waals surface area contributed by atoms with Crippen molar-refractivity contribution < 1.29 is 13.2 Å². The lowest BCUT2D eigenvalue weighted by molar-refractivity contribution is -0.0666. The average Bonchev–Trinajstić information content (AvgIpc) is 2.49. The molecule has 154 valence electrons. The number of morpholine rings is 1. The summed E-state index contributed by atoms with van der Waals surface area (Å²) in [6.07, 6.45) is -0.133. The van der Waals surface area contributed by atoms with Gasteiger partial charge in [-0.2, -0.15) is 4.31 Å². The molecule has 0 aromatic rings. The van der Waals surface area contributed by atoms with Gasteiger partial charge in [-0.3, -0.25) is 4.99 Å². The number of rotatable bonds is 4. The Morgan fingerprint density at radius 2 is 1.73 bits per heavy atom. The first-order valence-corrected chi connectivity index (χ1v) is 10.6. The van der Waals surface area contributed by atoms with Crippen LogP contribution < -0.4 is 5.32 Å². The van der Waals surface area contributed by atoms with Gasteiger partial charge in [-0.05, 0) is 27.7 Å². The predicted molar refractivity (Wildman–Crippen MR) is 117 cm³/mol. The topological polar surface area (TPSA) is 74.2 Å². The molecular formula is C17H35IN4O3S. The molecule has 2 saturated heterocycles. The second-order valence-electron chi connectivity index (χ2n) is 8.39. The molecule has 2 unspecified atom stereocenters. The number of aliphatic imine (C=N–C) groups is 1. The van der Waals surface area contributed by atoms with Gasteiger partial charge >= 0.3 is 0 Å². The smallest absolute Gasteiger partial charge is 0.216 e. The lowest BCUT2D eigenvalue weighted by Crippen LogP contribution is -2.72. The van der Waals surface area contributed by atoms with Gasteiger partial charge < -0.3 is 15.0 Å². The van der Waals surface area contributed by atoms with Crippen LogP contribution in [0.25, 0.3) is 0 Å². The summed E-state index contributed by atoms with van der Waals surface area (Å²) in [5.74, 6) is 0.826. The minimum absolute atomic E-state index is 0. The van der Waals surface area contributed by atoms with E-state index in [9.17, 15) is 8.42 Å². The molecule has 2 aliphatic rings. The minimum Gasteiger partial charge on any atom is -0.373 e. The molecule has 2 aliphatic heterocycles. The fraction of sp³-hybridized carbons (Fsp3) is 0.941. The summed E-state index contributed by atoms with van der Waals surface area (Å²) in [6.45, 7) is 14.8. The molecule has 0 saturated carbocycles. The Bertz CT molecular complexity index is 611. The quantitative estimate of drug-likeness (QED) is 0.360. The van der Waals surface area contributed by atoms with Crippen LogP contribution in [0.3, 0.4) is 0 Å². The van der Waals surface area contributed by atoms with Gasteiger partial charge in [0.1, 0.15) is 0 Å². The van der Waals surface area contributed by atoms with Crippen molar-refractivity contribution in [3.8, 4) is 0 Å². The number of hydrogen-bond acceptors (Lipinski definition) is 4. The van der Waals surface area contributed by atoms with Crippen LogP contribution in [0.2, 0.25) is 0 Å². The third-order valence-corrected chi connectivity index (χ3v) is 7.58. The van der Waals surface area contributed by atoms with Crippen LogP contribution in [-0.4, -0.2) is 80.3 Å². The fourth-order valence-corrected chi connectivity index (χ4v) is 4.97. The Kier molecular flexibility index (Phi) is 7.80. The van der Waals surface area contributed by atoms with E-state index in [4.69, 9.17) is 4.74 Å². The number of halogens is 1. The third-order valence-electron chi connectivity index (χ3n) is 5.77. The molecule has 0 amide bonds. The van der Waals surface area contributed by atoms with Crippen molar-refractivity contribution in [3.63, 3.8) is 0 Å². The minimum atomic E-state index is -3.30. The average molecular weight is 502 g/mol. The SMILES string of the molecule is CN=C(NCCS(=O)(=O)N1CC(C)OC(C)C1)N1CC(C)(C)C1(C)C.I. The normalized spacial score (nSPS) is 28.9. The van der Waals surface area contributed by atoms with Gasteiger partial charge in [0, 0.05) is 44.2 Å². The summed E-state index contributed by atoms with van der Waals surface area (Å²) in [6, 6.07) is 0. The lowest BCUT2D eigenvalue weighted by atomic mass is 9.65. The number of ether oxygens (including phenoxy) is 1. The number of likely N-dealkylation sites (tertiary alicyclic amines) is 1. The van der Waals surface area contributed by atoms with Gasteiger partial charge in [-0.1, -0.05) is 13.8 Å². The zero-order valence-corrected chi connectivity index (χ0v) is 20.2. The molecule has 2 fully saturated rings. The van der Waals surface area contributed by atoms with E-state index < -0.39 is 10.0 Å². The van der Waals surface area contributed by atoms with Gasteiger partial charge in [-0.25, -0.2) is 8.42 Å². The van der Waals surface area contributed by atoms with E-state index in [0.29, 0.717) is 19.6 Å². The summed E-state index contributed by atoms with van der Waals surface area (Å²) in [5.41, 5.74) is 0.194. The van der Waals surface area contributed by atoms with E-state index in [0.717, 1.165) is 12.5 Å². The van der Waals surface area contributed by atoms with E-state index in [1.807, 2.05) is 13.8 Å². The van der Waals surface area contributed by atoms with Crippen molar-refractivity contribution in [1.29, 1.82) is 0 Å². The van der Waals surface area contributed by atoms with Crippen LogP contribution in [0.5, 0.6) is 0 Å². The molecule has 2 heterocycles. The molecule has 2 atom stereocenters. The molecule has 1 N–H and O–H groups in total. The second-order valence-corrected chi connectivity index (χ2v) is 10.5. The van der Waals surface area contributed by atoms with Crippen molar-refractivity contribution in [1.82, 2.24) is 14.5 Å². The van der Waals surface area contributed by atoms with Gasteiger partial charge in [0.2, 0.25) is 10.0 Å². The van der Waals surface area contributed by atoms with E-state index in [-0.39, 0.29) is 52.9 Å². The highest BCUT2D eigenvalue weighted by molar-refractivity contribution is 14.0. The van der Waals surface area contributed by atoms with Crippen LogP contribution in [0, 0.1) is 5.41 Å². The maximum atomic E-state index is 12.6. The first-order chi connectivity index (χ1) is 11.4. The summed E-state index contributed by atoms with van der Waals surface area (Å²) in [7, 11) is -1.56. The molecular weight excluding hydrogens is 467 g/mol. The Hall–Kier alpha value is -0.130. The van der Waals surface area contributed by atoms with E-state index >= 15 is 0 Å². The monoisotopic (exact) mass is 502 g/mol. The molecule has 0 radical (unpaired) electrons. The number of hydrogen-bond donors (Lipinski definition) is 1. The Balaban J connectivity index is 0.00000338. The Morgan fingerprint density at radius 3 is 2.15 bits per heavy atom. The molecule has 0 bridgehead atoms. The highest BCUT2D eigenvalue weighted by Gasteiger charge is 2.53. The van der Waals surface area contributed by atoms with Crippen molar-refractivity contribution in [3.05, 3.63) is 0 Å². The molecule has 0 aromatic heterocycles. The first-order valence-electron chi connectivity index (χ1n) is 9.02. The maximum Gasteiger partial charge on any atom is 0.216 e. The predicted octanol–water partition coefficient (Wildman–Crippen LogP) is 1.74. The highest BCUT2D eigenvalue weighted by atomic mass is 127. The molecule has 2 rings (SSSR count). The number of guanidine groups is 1. The second kappa shape index (κ2) is 8.48. The van der Waals surface area contributed by atoms with Crippen LogP contribution in [0.4, 0.5) is 0 Å². The van der Waals surface area contributed by atoms with Crippen molar-refractivity contribution in [2.45, 2.75) is 59.3 Å². The maximum absolute atomic E-state index is 12.6. The van der Waals surface area contributed by atoms with E-state index in [1.54, 1.807) is 11.4 Å². The zero-order chi connectivity index (χ0) is 19.0. The summed E-state index contributed by atoms with van der Waals surface area (Å²) >= 11 is 0. The van der Waals surface area contributed by atoms with Crippen LogP contribution >= 0.6 is 24.0 Å². The van der Waals surface area contributed by atoms with Crippen molar-refractivity contribution in [2.75, 3.05) is 39.0 Å².